The predicted molar refractivity (Wildman–Crippen MR) is 106 cm³/mol. The Balaban J connectivity index is 1.90. The second kappa shape index (κ2) is 8.69. The van der Waals surface area contributed by atoms with Gasteiger partial charge >= 0.3 is 6.18 Å². The quantitative estimate of drug-likeness (QED) is 0.692. The molecule has 2 aromatic carbocycles. The molecule has 152 valence electrons. The van der Waals surface area contributed by atoms with Gasteiger partial charge in [0.1, 0.15) is 0 Å². The minimum Gasteiger partial charge on any atom is -0.339 e. The van der Waals surface area contributed by atoms with Gasteiger partial charge in [-0.05, 0) is 36.6 Å². The van der Waals surface area contributed by atoms with E-state index in [1.807, 2.05) is 0 Å². The number of amides is 2. The highest BCUT2D eigenvalue weighted by molar-refractivity contribution is 6.31. The zero-order valence-corrected chi connectivity index (χ0v) is 16.1. The lowest BCUT2D eigenvalue weighted by Gasteiger charge is -2.18. The zero-order valence-electron chi connectivity index (χ0n) is 15.3. The Morgan fingerprint density at radius 2 is 1.69 bits per heavy atom. The summed E-state index contributed by atoms with van der Waals surface area (Å²) in [6.45, 7) is 1.20. The van der Waals surface area contributed by atoms with Crippen molar-refractivity contribution in [2.75, 3.05) is 18.4 Å². The molecule has 0 saturated carbocycles. The molecule has 0 unspecified atom stereocenters. The van der Waals surface area contributed by atoms with Crippen molar-refractivity contribution in [3.8, 4) is 0 Å². The van der Waals surface area contributed by atoms with Crippen molar-refractivity contribution in [2.45, 2.75) is 19.0 Å². The van der Waals surface area contributed by atoms with Crippen LogP contribution in [-0.4, -0.2) is 36.0 Å². The lowest BCUT2D eigenvalue weighted by Crippen LogP contribution is -2.28. The first-order chi connectivity index (χ1) is 13.8. The van der Waals surface area contributed by atoms with Gasteiger partial charge < -0.3 is 10.2 Å². The van der Waals surface area contributed by atoms with E-state index in [0.29, 0.717) is 19.2 Å². The molecule has 1 N–H and O–H groups in total. The number of benzene rings is 2. The Labute approximate surface area is 171 Å². The van der Waals surface area contributed by atoms with Crippen molar-refractivity contribution in [1.82, 2.24) is 4.90 Å². The maximum atomic E-state index is 13.5. The topological polar surface area (TPSA) is 49.4 Å². The molecule has 1 aliphatic rings. The molecule has 2 aromatic rings. The number of anilines is 1. The van der Waals surface area contributed by atoms with Crippen LogP contribution in [0.25, 0.3) is 5.57 Å². The lowest BCUT2D eigenvalue weighted by molar-refractivity contribution is -0.112. The number of rotatable bonds is 4. The number of nitrogens with one attached hydrogen (secondary N) is 1. The second-order valence-corrected chi connectivity index (χ2v) is 7.04. The van der Waals surface area contributed by atoms with Crippen LogP contribution in [0.15, 0.2) is 54.6 Å². The molecule has 8 heteroatoms. The number of hydrogen-bond acceptors (Lipinski definition) is 2. The molecule has 1 saturated heterocycles. The third-order valence-corrected chi connectivity index (χ3v) is 4.76. The van der Waals surface area contributed by atoms with Crippen molar-refractivity contribution in [1.29, 1.82) is 0 Å². The standard InChI is InChI=1S/C21H18ClF3N2O2/c22-15-8-9-16(20(29)27-10-4-5-11-27)18(12-15)26-19(28)13-17(21(23,24)25)14-6-2-1-3-7-14/h1-3,6-9,12-13H,4-5,10-11H2,(H,26,28)/b17-13-. The van der Waals surface area contributed by atoms with E-state index < -0.39 is 17.7 Å². The van der Waals surface area contributed by atoms with E-state index in [2.05, 4.69) is 5.32 Å². The fourth-order valence-corrected chi connectivity index (χ4v) is 3.32. The first kappa shape index (κ1) is 20.9. The number of likely N-dealkylation sites (tertiary alicyclic amines) is 1. The molecule has 0 radical (unpaired) electrons. The molecule has 0 aromatic heterocycles. The fourth-order valence-electron chi connectivity index (χ4n) is 3.14. The molecule has 0 bridgehead atoms. The highest BCUT2D eigenvalue weighted by Gasteiger charge is 2.35. The molecular weight excluding hydrogens is 405 g/mol. The summed E-state index contributed by atoms with van der Waals surface area (Å²) in [6.07, 6.45) is -2.47. The van der Waals surface area contributed by atoms with Gasteiger partial charge in [-0.1, -0.05) is 41.9 Å². The van der Waals surface area contributed by atoms with Crippen molar-refractivity contribution in [3.05, 3.63) is 70.8 Å². The Hall–Kier alpha value is -2.80. The number of carbonyl (C=O) groups excluding carboxylic acids is 2. The molecule has 3 rings (SSSR count). The van der Waals surface area contributed by atoms with Gasteiger partial charge in [0, 0.05) is 24.2 Å². The van der Waals surface area contributed by atoms with E-state index in [0.717, 1.165) is 12.8 Å². The normalized spacial score (nSPS) is 14.8. The third-order valence-electron chi connectivity index (χ3n) is 4.53. The van der Waals surface area contributed by atoms with Gasteiger partial charge in [-0.25, -0.2) is 0 Å². The minimum absolute atomic E-state index is 0.0743. The Morgan fingerprint density at radius 3 is 2.31 bits per heavy atom. The molecule has 0 atom stereocenters. The summed E-state index contributed by atoms with van der Waals surface area (Å²) in [4.78, 5) is 26.7. The average Bonchev–Trinajstić information content (AvgIpc) is 3.20. The first-order valence-electron chi connectivity index (χ1n) is 9.00. The van der Waals surface area contributed by atoms with Crippen LogP contribution in [0.2, 0.25) is 5.02 Å². The van der Waals surface area contributed by atoms with Gasteiger partial charge in [0.05, 0.1) is 16.8 Å². The van der Waals surface area contributed by atoms with Gasteiger partial charge in [0.25, 0.3) is 5.91 Å². The molecule has 0 aliphatic carbocycles. The monoisotopic (exact) mass is 422 g/mol. The second-order valence-electron chi connectivity index (χ2n) is 6.60. The van der Waals surface area contributed by atoms with E-state index in [1.165, 1.54) is 42.5 Å². The van der Waals surface area contributed by atoms with Gasteiger partial charge in [0.2, 0.25) is 5.91 Å². The SMILES string of the molecule is O=C(/C=C(/c1ccccc1)C(F)(F)F)Nc1cc(Cl)ccc1C(=O)N1CCCC1. The van der Waals surface area contributed by atoms with Crippen molar-refractivity contribution < 1.29 is 22.8 Å². The van der Waals surface area contributed by atoms with Crippen LogP contribution in [0, 0.1) is 0 Å². The maximum absolute atomic E-state index is 13.5. The number of carbonyl (C=O) groups is 2. The molecule has 1 fully saturated rings. The largest absolute Gasteiger partial charge is 0.417 e. The van der Waals surface area contributed by atoms with E-state index in [1.54, 1.807) is 11.0 Å². The van der Waals surface area contributed by atoms with E-state index in [9.17, 15) is 22.8 Å². The summed E-state index contributed by atoms with van der Waals surface area (Å²) in [5.41, 5.74) is -0.948. The Bertz CT molecular complexity index is 937. The van der Waals surface area contributed by atoms with Gasteiger partial charge in [-0.2, -0.15) is 13.2 Å². The van der Waals surface area contributed by atoms with Crippen LogP contribution in [0.5, 0.6) is 0 Å². The summed E-state index contributed by atoms with van der Waals surface area (Å²) >= 11 is 5.97. The van der Waals surface area contributed by atoms with Crippen LogP contribution in [0.1, 0.15) is 28.8 Å². The number of halogens is 4. The lowest BCUT2D eigenvalue weighted by atomic mass is 10.0. The van der Waals surface area contributed by atoms with E-state index >= 15 is 0 Å². The van der Waals surface area contributed by atoms with Gasteiger partial charge in [0.15, 0.2) is 0 Å². The van der Waals surface area contributed by atoms with Crippen LogP contribution >= 0.6 is 11.6 Å². The van der Waals surface area contributed by atoms with Crippen LogP contribution in [-0.2, 0) is 4.79 Å². The van der Waals surface area contributed by atoms with Crippen molar-refractivity contribution in [2.24, 2.45) is 0 Å². The minimum atomic E-state index is -4.72. The van der Waals surface area contributed by atoms with E-state index in [4.69, 9.17) is 11.6 Å². The predicted octanol–water partition coefficient (Wildman–Crippen LogP) is 5.16. The summed E-state index contributed by atoms with van der Waals surface area (Å²) in [5.74, 6) is -1.29. The number of hydrogen-bond donors (Lipinski definition) is 1. The van der Waals surface area contributed by atoms with Crippen LogP contribution in [0.4, 0.5) is 18.9 Å². The maximum Gasteiger partial charge on any atom is 0.417 e. The molecule has 4 nitrogen and oxygen atoms in total. The average molecular weight is 423 g/mol. The smallest absolute Gasteiger partial charge is 0.339 e. The molecule has 0 spiro atoms. The Morgan fingerprint density at radius 1 is 1.03 bits per heavy atom. The highest BCUT2D eigenvalue weighted by atomic mass is 35.5. The number of alkyl halides is 3. The van der Waals surface area contributed by atoms with Crippen LogP contribution in [0.3, 0.4) is 0 Å². The summed E-state index contributed by atoms with van der Waals surface area (Å²) in [5, 5.41) is 2.63. The Kier molecular flexibility index (Phi) is 6.27. The van der Waals surface area contributed by atoms with Gasteiger partial charge in [-0.15, -0.1) is 0 Å². The summed E-state index contributed by atoms with van der Waals surface area (Å²) in [7, 11) is 0. The molecular formula is C21H18ClF3N2O2. The molecule has 2 amide bonds. The number of allylic oxidation sites excluding steroid dienone is 1. The number of nitrogens with zero attached hydrogens (tertiary/aromatic N) is 1. The van der Waals surface area contributed by atoms with Crippen molar-refractivity contribution in [3.63, 3.8) is 0 Å². The van der Waals surface area contributed by atoms with Gasteiger partial charge in [-0.3, -0.25) is 9.59 Å². The molecule has 29 heavy (non-hydrogen) atoms. The third kappa shape index (κ3) is 5.17. The molecule has 1 aliphatic heterocycles. The fraction of sp³-hybridized carbons (Fsp3) is 0.238. The van der Waals surface area contributed by atoms with E-state index in [-0.39, 0.29) is 27.7 Å². The summed E-state index contributed by atoms with van der Waals surface area (Å²) < 4.78 is 40.4. The zero-order chi connectivity index (χ0) is 21.0. The summed E-state index contributed by atoms with van der Waals surface area (Å²) in [6, 6.07) is 11.4. The molecule has 1 heterocycles. The highest BCUT2D eigenvalue weighted by Crippen LogP contribution is 2.34. The first-order valence-corrected chi connectivity index (χ1v) is 9.37. The van der Waals surface area contributed by atoms with Crippen LogP contribution < -0.4 is 5.32 Å². The van der Waals surface area contributed by atoms with Crippen molar-refractivity contribution >= 4 is 34.7 Å².